The Hall–Kier alpha value is -2.41. The van der Waals surface area contributed by atoms with E-state index in [1.165, 1.54) is 11.8 Å². The lowest BCUT2D eigenvalue weighted by Crippen LogP contribution is -2.32. The summed E-state index contributed by atoms with van der Waals surface area (Å²) in [6, 6.07) is 7.25. The Labute approximate surface area is 130 Å². The van der Waals surface area contributed by atoms with Crippen molar-refractivity contribution in [3.63, 3.8) is 0 Å². The third-order valence-electron chi connectivity index (χ3n) is 3.48. The van der Waals surface area contributed by atoms with Gasteiger partial charge >= 0.3 is 5.91 Å². The summed E-state index contributed by atoms with van der Waals surface area (Å²) in [6.45, 7) is 2.30. The number of carbonyl (C=O) groups excluding carboxylic acids is 2. The van der Waals surface area contributed by atoms with Gasteiger partial charge < -0.3 is 4.74 Å². The van der Waals surface area contributed by atoms with Crippen molar-refractivity contribution >= 4 is 40.4 Å². The number of pyridine rings is 2. The zero-order valence-electron chi connectivity index (χ0n) is 11.7. The maximum Gasteiger partial charge on any atom is 0.303 e. The first-order valence-corrected chi connectivity index (χ1v) is 7.77. The Balaban J connectivity index is 1.79. The first kappa shape index (κ1) is 13.3. The molecule has 0 spiro atoms. The maximum absolute atomic E-state index is 12.4. The van der Waals surface area contributed by atoms with Gasteiger partial charge in [0.2, 0.25) is 5.76 Å². The van der Waals surface area contributed by atoms with Gasteiger partial charge in [-0.25, -0.2) is 14.9 Å². The SMILES string of the molecule is Cc1ccc2ccc(N3C(=O)C4=C(SCCO4)C3=O)nc2n1. The molecule has 4 rings (SSSR count). The van der Waals surface area contributed by atoms with Gasteiger partial charge in [-0.05, 0) is 31.2 Å². The lowest BCUT2D eigenvalue weighted by molar-refractivity contribution is -0.121. The molecule has 0 radical (unpaired) electrons. The van der Waals surface area contributed by atoms with E-state index in [0.717, 1.165) is 16.0 Å². The largest absolute Gasteiger partial charge is 0.486 e. The van der Waals surface area contributed by atoms with Crippen molar-refractivity contribution in [3.05, 3.63) is 40.6 Å². The minimum absolute atomic E-state index is 0.139. The molecule has 0 aromatic carbocycles. The van der Waals surface area contributed by atoms with Gasteiger partial charge in [0.15, 0.2) is 5.65 Å². The second-order valence-corrected chi connectivity index (χ2v) is 6.07. The van der Waals surface area contributed by atoms with Crippen LogP contribution in [0.5, 0.6) is 0 Å². The zero-order chi connectivity index (χ0) is 15.3. The number of ether oxygens (including phenoxy) is 1. The van der Waals surface area contributed by atoms with Crippen LogP contribution in [0.2, 0.25) is 0 Å². The minimum Gasteiger partial charge on any atom is -0.486 e. The summed E-state index contributed by atoms with van der Waals surface area (Å²) >= 11 is 1.35. The Morgan fingerprint density at radius 3 is 2.77 bits per heavy atom. The maximum atomic E-state index is 12.4. The topological polar surface area (TPSA) is 72.4 Å². The summed E-state index contributed by atoms with van der Waals surface area (Å²) in [5.74, 6) is 0.257. The van der Waals surface area contributed by atoms with Crippen molar-refractivity contribution in [2.45, 2.75) is 6.92 Å². The number of carbonyl (C=O) groups is 2. The van der Waals surface area contributed by atoms with Gasteiger partial charge in [-0.2, -0.15) is 0 Å². The average Bonchev–Trinajstić information content (AvgIpc) is 2.79. The second-order valence-electron chi connectivity index (χ2n) is 4.97. The Bertz CT molecular complexity index is 834. The van der Waals surface area contributed by atoms with Crippen molar-refractivity contribution in [2.75, 3.05) is 17.3 Å². The van der Waals surface area contributed by atoms with Crippen molar-refractivity contribution in [2.24, 2.45) is 0 Å². The highest BCUT2D eigenvalue weighted by atomic mass is 32.2. The molecule has 0 unspecified atom stereocenters. The minimum atomic E-state index is -0.452. The third kappa shape index (κ3) is 1.89. The van der Waals surface area contributed by atoms with E-state index in [4.69, 9.17) is 4.74 Å². The number of aromatic nitrogens is 2. The molecule has 6 nitrogen and oxygen atoms in total. The van der Waals surface area contributed by atoms with Gasteiger partial charge in [-0.15, -0.1) is 11.8 Å². The number of thioether (sulfide) groups is 1. The molecule has 2 aromatic rings. The molecule has 0 N–H and O–H groups in total. The molecule has 0 atom stereocenters. The highest BCUT2D eigenvalue weighted by Gasteiger charge is 2.43. The summed E-state index contributed by atoms with van der Waals surface area (Å²) in [5.41, 5.74) is 1.34. The molecule has 0 saturated carbocycles. The molecule has 110 valence electrons. The summed E-state index contributed by atoms with van der Waals surface area (Å²) in [7, 11) is 0. The lowest BCUT2D eigenvalue weighted by Gasteiger charge is -2.13. The van der Waals surface area contributed by atoms with Crippen LogP contribution in [0.1, 0.15) is 5.69 Å². The number of aryl methyl sites for hydroxylation is 1. The number of amides is 2. The molecule has 2 aliphatic rings. The van der Waals surface area contributed by atoms with Crippen LogP contribution in [0.4, 0.5) is 5.82 Å². The number of hydrogen-bond acceptors (Lipinski definition) is 6. The van der Waals surface area contributed by atoms with Gasteiger partial charge in [0, 0.05) is 16.8 Å². The standard InChI is InChI=1S/C15H11N3O3S/c1-8-2-3-9-4-5-10(17-13(9)16-8)18-14(19)11-12(15(18)20)22-7-6-21-11/h2-5H,6-7H2,1H3. The van der Waals surface area contributed by atoms with Crippen LogP contribution < -0.4 is 4.90 Å². The number of rotatable bonds is 1. The Morgan fingerprint density at radius 2 is 1.95 bits per heavy atom. The molecule has 0 saturated heterocycles. The molecule has 4 heterocycles. The molecule has 2 aromatic heterocycles. The fourth-order valence-corrected chi connectivity index (χ4v) is 3.31. The van der Waals surface area contributed by atoms with Crippen LogP contribution in [-0.2, 0) is 14.3 Å². The molecule has 22 heavy (non-hydrogen) atoms. The predicted molar refractivity (Wildman–Crippen MR) is 82.2 cm³/mol. The highest BCUT2D eigenvalue weighted by molar-refractivity contribution is 8.04. The van der Waals surface area contributed by atoms with E-state index in [-0.39, 0.29) is 17.5 Å². The van der Waals surface area contributed by atoms with Crippen LogP contribution in [0, 0.1) is 6.92 Å². The summed E-state index contributed by atoms with van der Waals surface area (Å²) < 4.78 is 5.35. The number of fused-ring (bicyclic) bond motifs is 1. The van der Waals surface area contributed by atoms with E-state index in [2.05, 4.69) is 9.97 Å². The van der Waals surface area contributed by atoms with Crippen LogP contribution in [0.3, 0.4) is 0 Å². The normalized spacial score (nSPS) is 18.0. The average molecular weight is 313 g/mol. The Morgan fingerprint density at radius 1 is 1.14 bits per heavy atom. The quantitative estimate of drug-likeness (QED) is 0.747. The highest BCUT2D eigenvalue weighted by Crippen LogP contribution is 2.36. The van der Waals surface area contributed by atoms with Crippen molar-refractivity contribution < 1.29 is 14.3 Å². The van der Waals surface area contributed by atoms with E-state index < -0.39 is 5.91 Å². The smallest absolute Gasteiger partial charge is 0.303 e. The molecule has 2 amide bonds. The molecule has 2 aliphatic heterocycles. The van der Waals surface area contributed by atoms with Gasteiger partial charge in [0.05, 0.1) is 6.61 Å². The summed E-state index contributed by atoms with van der Waals surface area (Å²) in [4.78, 5) is 35.0. The van der Waals surface area contributed by atoms with Gasteiger partial charge in [0.25, 0.3) is 5.91 Å². The van der Waals surface area contributed by atoms with Gasteiger partial charge in [-0.1, -0.05) is 0 Å². The predicted octanol–water partition coefficient (Wildman–Crippen LogP) is 1.79. The number of nitrogens with zero attached hydrogens (tertiary/aromatic N) is 3. The van der Waals surface area contributed by atoms with E-state index in [9.17, 15) is 9.59 Å². The van der Waals surface area contributed by atoms with Crippen LogP contribution in [-0.4, -0.2) is 34.1 Å². The van der Waals surface area contributed by atoms with E-state index in [1.54, 1.807) is 12.1 Å². The summed E-state index contributed by atoms with van der Waals surface area (Å²) in [5, 5.41) is 0.858. The van der Waals surface area contributed by atoms with Gasteiger partial charge in [0.1, 0.15) is 10.7 Å². The second kappa shape index (κ2) is 4.81. The third-order valence-corrected chi connectivity index (χ3v) is 4.50. The first-order valence-electron chi connectivity index (χ1n) is 6.78. The lowest BCUT2D eigenvalue weighted by atomic mass is 10.2. The van der Waals surface area contributed by atoms with Crippen molar-refractivity contribution in [3.8, 4) is 0 Å². The fourth-order valence-electron chi connectivity index (χ4n) is 2.45. The molecule has 7 heteroatoms. The number of imide groups is 1. The van der Waals surface area contributed by atoms with E-state index in [1.807, 2.05) is 19.1 Å². The van der Waals surface area contributed by atoms with E-state index in [0.29, 0.717) is 22.9 Å². The number of hydrogen-bond donors (Lipinski definition) is 0. The molecule has 0 fully saturated rings. The summed E-state index contributed by atoms with van der Waals surface area (Å²) in [6.07, 6.45) is 0. The van der Waals surface area contributed by atoms with Crippen LogP contribution >= 0.6 is 11.8 Å². The molecule has 0 bridgehead atoms. The van der Waals surface area contributed by atoms with Crippen molar-refractivity contribution in [1.29, 1.82) is 0 Å². The van der Waals surface area contributed by atoms with E-state index >= 15 is 0 Å². The van der Waals surface area contributed by atoms with Gasteiger partial charge in [-0.3, -0.25) is 9.59 Å². The van der Waals surface area contributed by atoms with Crippen molar-refractivity contribution in [1.82, 2.24) is 9.97 Å². The Kier molecular flexibility index (Phi) is 2.90. The monoisotopic (exact) mass is 313 g/mol. The molecule has 0 aliphatic carbocycles. The molecular formula is C15H11N3O3S. The fraction of sp³-hybridized carbons (Fsp3) is 0.200. The van der Waals surface area contributed by atoms with Crippen LogP contribution in [0.25, 0.3) is 11.0 Å². The number of anilines is 1. The zero-order valence-corrected chi connectivity index (χ0v) is 12.5. The van der Waals surface area contributed by atoms with Crippen LogP contribution in [0.15, 0.2) is 34.9 Å². The first-order chi connectivity index (χ1) is 10.6. The molecular weight excluding hydrogens is 302 g/mol.